The Morgan fingerprint density at radius 3 is 1.83 bits per heavy atom. The molecule has 0 saturated carbocycles. The van der Waals surface area contributed by atoms with E-state index in [4.69, 9.17) is 5.73 Å². The standard InChI is InChI=1S/C21H33NO/c1-3-4-5-6-7-8-9-10-11-12-13-19-14-16-20(17-15-19)18(2)21(22)23/h14-17H,2-13H2,1H3,(H2,22,23). The molecule has 0 atom stereocenters. The van der Waals surface area contributed by atoms with Gasteiger partial charge in [-0.25, -0.2) is 0 Å². The van der Waals surface area contributed by atoms with E-state index in [9.17, 15) is 4.79 Å². The summed E-state index contributed by atoms with van der Waals surface area (Å²) in [6.45, 7) is 5.97. The third kappa shape index (κ3) is 8.59. The maximum atomic E-state index is 11.1. The van der Waals surface area contributed by atoms with E-state index < -0.39 is 5.91 Å². The maximum absolute atomic E-state index is 11.1. The minimum atomic E-state index is -0.451. The summed E-state index contributed by atoms with van der Waals surface area (Å²) >= 11 is 0. The third-order valence-electron chi connectivity index (χ3n) is 4.42. The number of unbranched alkanes of at least 4 members (excludes halogenated alkanes) is 9. The predicted molar refractivity (Wildman–Crippen MR) is 100 cm³/mol. The fourth-order valence-corrected chi connectivity index (χ4v) is 2.83. The Labute approximate surface area is 142 Å². The highest BCUT2D eigenvalue weighted by Crippen LogP contribution is 2.16. The zero-order valence-corrected chi connectivity index (χ0v) is 14.8. The van der Waals surface area contributed by atoms with E-state index in [1.54, 1.807) is 0 Å². The van der Waals surface area contributed by atoms with E-state index in [0.29, 0.717) is 5.57 Å². The lowest BCUT2D eigenvalue weighted by Gasteiger charge is -2.05. The number of carbonyl (C=O) groups is 1. The van der Waals surface area contributed by atoms with E-state index in [1.807, 2.05) is 12.1 Å². The number of benzene rings is 1. The number of hydrogen-bond acceptors (Lipinski definition) is 1. The number of amides is 1. The number of primary amides is 1. The first kappa shape index (κ1) is 19.5. The summed E-state index contributed by atoms with van der Waals surface area (Å²) in [6, 6.07) is 8.05. The van der Waals surface area contributed by atoms with Crippen LogP contribution in [0.15, 0.2) is 30.8 Å². The van der Waals surface area contributed by atoms with Crippen LogP contribution in [0, 0.1) is 0 Å². The molecule has 0 bridgehead atoms. The van der Waals surface area contributed by atoms with Gasteiger partial charge in [-0.2, -0.15) is 0 Å². The van der Waals surface area contributed by atoms with Crippen LogP contribution < -0.4 is 5.73 Å². The molecule has 1 amide bonds. The monoisotopic (exact) mass is 315 g/mol. The Hall–Kier alpha value is -1.57. The summed E-state index contributed by atoms with van der Waals surface area (Å²) in [5, 5.41) is 0. The molecule has 23 heavy (non-hydrogen) atoms. The zero-order valence-electron chi connectivity index (χ0n) is 14.8. The van der Waals surface area contributed by atoms with Crippen molar-refractivity contribution < 1.29 is 4.79 Å². The molecule has 0 unspecified atom stereocenters. The zero-order chi connectivity index (χ0) is 16.9. The van der Waals surface area contributed by atoms with Crippen LogP contribution in [0.4, 0.5) is 0 Å². The van der Waals surface area contributed by atoms with Crippen LogP contribution in [-0.2, 0) is 11.2 Å². The summed E-state index contributed by atoms with van der Waals surface area (Å²) in [6.07, 6.45) is 14.7. The first-order valence-corrected chi connectivity index (χ1v) is 9.23. The lowest BCUT2D eigenvalue weighted by Crippen LogP contribution is -2.11. The Morgan fingerprint density at radius 1 is 0.870 bits per heavy atom. The van der Waals surface area contributed by atoms with Crippen LogP contribution in [-0.4, -0.2) is 5.91 Å². The van der Waals surface area contributed by atoms with Crippen molar-refractivity contribution in [3.05, 3.63) is 42.0 Å². The Morgan fingerprint density at radius 2 is 1.35 bits per heavy atom. The van der Waals surface area contributed by atoms with Crippen molar-refractivity contribution in [3.63, 3.8) is 0 Å². The number of aryl methyl sites for hydroxylation is 1. The molecule has 0 aliphatic carbocycles. The summed E-state index contributed by atoms with van der Waals surface area (Å²) in [7, 11) is 0. The molecule has 128 valence electrons. The van der Waals surface area contributed by atoms with E-state index in [2.05, 4.69) is 25.6 Å². The normalized spacial score (nSPS) is 10.7. The van der Waals surface area contributed by atoms with Crippen molar-refractivity contribution in [2.24, 2.45) is 5.73 Å². The average Bonchev–Trinajstić information content (AvgIpc) is 2.56. The van der Waals surface area contributed by atoms with Gasteiger partial charge in [0.05, 0.1) is 0 Å². The molecular weight excluding hydrogens is 282 g/mol. The van der Waals surface area contributed by atoms with Crippen molar-refractivity contribution in [1.82, 2.24) is 0 Å². The molecule has 1 aromatic rings. The lowest BCUT2D eigenvalue weighted by molar-refractivity contribution is -0.112. The Kier molecular flexibility index (Phi) is 10.1. The van der Waals surface area contributed by atoms with Crippen molar-refractivity contribution >= 4 is 11.5 Å². The van der Waals surface area contributed by atoms with Crippen LogP contribution in [0.3, 0.4) is 0 Å². The molecule has 0 radical (unpaired) electrons. The van der Waals surface area contributed by atoms with Gasteiger partial charge in [0, 0.05) is 5.57 Å². The minimum absolute atomic E-state index is 0.385. The van der Waals surface area contributed by atoms with Gasteiger partial charge in [0.25, 0.3) is 0 Å². The fraction of sp³-hybridized carbons (Fsp3) is 0.571. The highest BCUT2D eigenvalue weighted by atomic mass is 16.1. The van der Waals surface area contributed by atoms with E-state index in [-0.39, 0.29) is 0 Å². The summed E-state index contributed by atoms with van der Waals surface area (Å²) in [4.78, 5) is 11.1. The molecule has 2 heteroatoms. The smallest absolute Gasteiger partial charge is 0.248 e. The highest BCUT2D eigenvalue weighted by molar-refractivity contribution is 6.17. The Balaban J connectivity index is 2.08. The number of nitrogens with two attached hydrogens (primary N) is 1. The van der Waals surface area contributed by atoms with Crippen LogP contribution in [0.5, 0.6) is 0 Å². The molecule has 0 aliphatic heterocycles. The van der Waals surface area contributed by atoms with Gasteiger partial charge in [-0.15, -0.1) is 0 Å². The summed E-state index contributed by atoms with van der Waals surface area (Å²) in [5.41, 5.74) is 7.77. The topological polar surface area (TPSA) is 43.1 Å². The molecule has 1 rings (SSSR count). The molecule has 2 N–H and O–H groups in total. The molecule has 0 fully saturated rings. The predicted octanol–water partition coefficient (Wildman–Crippen LogP) is 5.65. The SMILES string of the molecule is C=C(C(N)=O)c1ccc(CCCCCCCCCCCC)cc1. The second-order valence-corrected chi connectivity index (χ2v) is 6.47. The fourth-order valence-electron chi connectivity index (χ4n) is 2.83. The van der Waals surface area contributed by atoms with Crippen LogP contribution in [0.2, 0.25) is 0 Å². The molecule has 0 aliphatic rings. The molecule has 0 saturated heterocycles. The van der Waals surface area contributed by atoms with Gasteiger partial charge in [0.15, 0.2) is 0 Å². The third-order valence-corrected chi connectivity index (χ3v) is 4.42. The Bertz CT molecular complexity index is 461. The first-order chi connectivity index (χ1) is 11.1. The van der Waals surface area contributed by atoms with Crippen molar-refractivity contribution in [1.29, 1.82) is 0 Å². The minimum Gasteiger partial charge on any atom is -0.366 e. The maximum Gasteiger partial charge on any atom is 0.248 e. The van der Waals surface area contributed by atoms with Crippen LogP contribution in [0.1, 0.15) is 82.3 Å². The van der Waals surface area contributed by atoms with Crippen LogP contribution >= 0.6 is 0 Å². The van der Waals surface area contributed by atoms with Crippen molar-refractivity contribution in [3.8, 4) is 0 Å². The molecule has 0 spiro atoms. The number of hydrogen-bond donors (Lipinski definition) is 1. The lowest BCUT2D eigenvalue weighted by atomic mass is 10.0. The van der Waals surface area contributed by atoms with E-state index in [0.717, 1.165) is 12.0 Å². The molecule has 0 aromatic heterocycles. The van der Waals surface area contributed by atoms with Gasteiger partial charge in [-0.1, -0.05) is 95.6 Å². The molecule has 1 aromatic carbocycles. The summed E-state index contributed by atoms with van der Waals surface area (Å²) < 4.78 is 0. The number of rotatable bonds is 13. The van der Waals surface area contributed by atoms with Crippen LogP contribution in [0.25, 0.3) is 5.57 Å². The first-order valence-electron chi connectivity index (χ1n) is 9.23. The quantitative estimate of drug-likeness (QED) is 0.371. The van der Waals surface area contributed by atoms with E-state index >= 15 is 0 Å². The van der Waals surface area contributed by atoms with E-state index in [1.165, 1.54) is 69.8 Å². The van der Waals surface area contributed by atoms with Crippen molar-refractivity contribution in [2.75, 3.05) is 0 Å². The highest BCUT2D eigenvalue weighted by Gasteiger charge is 2.04. The van der Waals surface area contributed by atoms with Gasteiger partial charge >= 0.3 is 0 Å². The largest absolute Gasteiger partial charge is 0.366 e. The van der Waals surface area contributed by atoms with Gasteiger partial charge in [-0.05, 0) is 24.0 Å². The summed E-state index contributed by atoms with van der Waals surface area (Å²) in [5.74, 6) is -0.451. The second kappa shape index (κ2) is 11.9. The molecule has 0 heterocycles. The average molecular weight is 316 g/mol. The van der Waals surface area contributed by atoms with Gasteiger partial charge < -0.3 is 5.73 Å². The second-order valence-electron chi connectivity index (χ2n) is 6.47. The van der Waals surface area contributed by atoms with Crippen molar-refractivity contribution in [2.45, 2.75) is 77.6 Å². The van der Waals surface area contributed by atoms with Gasteiger partial charge in [0.1, 0.15) is 0 Å². The molecular formula is C21H33NO. The van der Waals surface area contributed by atoms with Gasteiger partial charge in [0.2, 0.25) is 5.91 Å². The van der Waals surface area contributed by atoms with Gasteiger partial charge in [-0.3, -0.25) is 4.79 Å². The molecule has 2 nitrogen and oxygen atoms in total. The number of carbonyl (C=O) groups excluding carboxylic acids is 1.